The molecule has 1 aromatic rings. The lowest BCUT2D eigenvalue weighted by molar-refractivity contribution is 0.0563. The molecular weight excluding hydrogens is 257 g/mol. The summed E-state index contributed by atoms with van der Waals surface area (Å²) in [6.45, 7) is 1.50. The Balaban J connectivity index is 2.28. The average Bonchev–Trinajstić information content (AvgIpc) is 2.17. The van der Waals surface area contributed by atoms with E-state index in [1.165, 1.54) is 0 Å². The number of piperidine rings is 1. The first-order chi connectivity index (χ1) is 7.10. The predicted octanol–water partition coefficient (Wildman–Crippen LogP) is 3.34. The maximum Gasteiger partial charge on any atom is 0.148 e. The maximum atomic E-state index is 14.7. The van der Waals surface area contributed by atoms with Crippen LogP contribution < -0.4 is 0 Å². The normalized spacial score (nSPS) is 27.9. The number of hydrogen-bond acceptors (Lipinski definition) is 1. The molecular formula is C12H15BrFN. The summed E-state index contributed by atoms with van der Waals surface area (Å²) >= 11 is 3.39. The van der Waals surface area contributed by atoms with Gasteiger partial charge in [0.2, 0.25) is 0 Å². The van der Waals surface area contributed by atoms with Crippen molar-refractivity contribution in [2.24, 2.45) is 0 Å². The summed E-state index contributed by atoms with van der Waals surface area (Å²) in [5.74, 6) is 0. The van der Waals surface area contributed by atoms with Gasteiger partial charge in [-0.15, -0.1) is 0 Å². The summed E-state index contributed by atoms with van der Waals surface area (Å²) in [7, 11) is 1.98. The van der Waals surface area contributed by atoms with Crippen molar-refractivity contribution in [2.75, 3.05) is 20.1 Å². The van der Waals surface area contributed by atoms with Gasteiger partial charge in [-0.3, -0.25) is 0 Å². The Morgan fingerprint density at radius 3 is 2.93 bits per heavy atom. The molecule has 0 aliphatic carbocycles. The third-order valence-corrected chi connectivity index (χ3v) is 3.47. The van der Waals surface area contributed by atoms with Gasteiger partial charge >= 0.3 is 0 Å². The maximum absolute atomic E-state index is 14.7. The molecule has 82 valence electrons. The van der Waals surface area contributed by atoms with Gasteiger partial charge in [0.1, 0.15) is 5.67 Å². The Kier molecular flexibility index (Phi) is 3.12. The fourth-order valence-corrected chi connectivity index (χ4v) is 2.62. The molecule has 1 atom stereocenters. The molecule has 0 N–H and O–H groups in total. The smallest absolute Gasteiger partial charge is 0.148 e. The van der Waals surface area contributed by atoms with Crippen LogP contribution in [0.3, 0.4) is 0 Å². The van der Waals surface area contributed by atoms with Crippen molar-refractivity contribution in [1.82, 2.24) is 4.90 Å². The zero-order valence-electron chi connectivity index (χ0n) is 8.84. The molecule has 0 spiro atoms. The number of rotatable bonds is 1. The highest BCUT2D eigenvalue weighted by Gasteiger charge is 2.35. The molecule has 3 heteroatoms. The number of alkyl halides is 1. The van der Waals surface area contributed by atoms with Gasteiger partial charge in [0.15, 0.2) is 0 Å². The highest BCUT2D eigenvalue weighted by molar-refractivity contribution is 9.10. The molecule has 2 rings (SSSR count). The molecule has 1 aliphatic heterocycles. The fourth-order valence-electron chi connectivity index (χ4n) is 2.22. The number of likely N-dealkylation sites (N-methyl/N-ethyl adjacent to an activating group) is 1. The van der Waals surface area contributed by atoms with Gasteiger partial charge in [-0.1, -0.05) is 28.1 Å². The molecule has 1 unspecified atom stereocenters. The Hall–Kier alpha value is -0.410. The Bertz CT molecular complexity index is 355. The summed E-state index contributed by atoms with van der Waals surface area (Å²) in [5, 5.41) is 0. The van der Waals surface area contributed by atoms with Crippen molar-refractivity contribution < 1.29 is 4.39 Å². The standard InChI is InChI=1S/C12H15BrFN/c1-15-7-3-6-12(14,9-15)10-4-2-5-11(13)8-10/h2,4-5,8H,3,6-7,9H2,1H3. The summed E-state index contributed by atoms with van der Waals surface area (Å²) in [5.41, 5.74) is -0.375. The van der Waals surface area contributed by atoms with E-state index in [-0.39, 0.29) is 0 Å². The molecule has 1 nitrogen and oxygen atoms in total. The minimum Gasteiger partial charge on any atom is -0.303 e. The van der Waals surface area contributed by atoms with Crippen molar-refractivity contribution >= 4 is 15.9 Å². The molecule has 1 aliphatic rings. The van der Waals surface area contributed by atoms with Crippen molar-refractivity contribution in [3.05, 3.63) is 34.3 Å². The lowest BCUT2D eigenvalue weighted by atomic mass is 9.88. The van der Waals surface area contributed by atoms with Crippen molar-refractivity contribution in [3.8, 4) is 0 Å². The summed E-state index contributed by atoms with van der Waals surface area (Å²) < 4.78 is 15.6. The third-order valence-electron chi connectivity index (χ3n) is 2.98. The lowest BCUT2D eigenvalue weighted by Crippen LogP contribution is -2.41. The molecule has 0 amide bonds. The van der Waals surface area contributed by atoms with Gasteiger partial charge in [0, 0.05) is 11.0 Å². The van der Waals surface area contributed by atoms with Crippen LogP contribution in [0.15, 0.2) is 28.7 Å². The molecule has 0 saturated carbocycles. The minimum atomic E-state index is -1.17. The lowest BCUT2D eigenvalue weighted by Gasteiger charge is -2.35. The quantitative estimate of drug-likeness (QED) is 0.758. The second-order valence-corrected chi connectivity index (χ2v) is 5.23. The number of hydrogen-bond donors (Lipinski definition) is 0. The summed E-state index contributed by atoms with van der Waals surface area (Å²) in [4.78, 5) is 2.06. The molecule has 1 saturated heterocycles. The van der Waals surface area contributed by atoms with E-state index in [9.17, 15) is 4.39 Å². The Morgan fingerprint density at radius 2 is 2.27 bits per heavy atom. The zero-order valence-corrected chi connectivity index (χ0v) is 10.4. The van der Waals surface area contributed by atoms with Crippen molar-refractivity contribution in [1.29, 1.82) is 0 Å². The van der Waals surface area contributed by atoms with Gasteiger partial charge in [0.05, 0.1) is 0 Å². The van der Waals surface area contributed by atoms with Gasteiger partial charge in [-0.05, 0) is 44.1 Å². The van der Waals surface area contributed by atoms with E-state index in [4.69, 9.17) is 0 Å². The monoisotopic (exact) mass is 271 g/mol. The van der Waals surface area contributed by atoms with E-state index in [1.54, 1.807) is 0 Å². The van der Waals surface area contributed by atoms with E-state index < -0.39 is 5.67 Å². The van der Waals surface area contributed by atoms with Crippen molar-refractivity contribution in [2.45, 2.75) is 18.5 Å². The Morgan fingerprint density at radius 1 is 1.47 bits per heavy atom. The Labute approximate surface area is 98.4 Å². The van der Waals surface area contributed by atoms with Gasteiger partial charge < -0.3 is 4.90 Å². The molecule has 0 bridgehead atoms. The van der Waals surface area contributed by atoms with Crippen LogP contribution in [0.2, 0.25) is 0 Å². The van der Waals surface area contributed by atoms with Crippen molar-refractivity contribution in [3.63, 3.8) is 0 Å². The summed E-state index contributed by atoms with van der Waals surface area (Å²) in [6.07, 6.45) is 1.56. The molecule has 15 heavy (non-hydrogen) atoms. The first-order valence-corrected chi connectivity index (χ1v) is 6.03. The molecule has 1 heterocycles. The number of nitrogens with zero attached hydrogens (tertiary/aromatic N) is 1. The van der Waals surface area contributed by atoms with Gasteiger partial charge in [-0.2, -0.15) is 0 Å². The SMILES string of the molecule is CN1CCCC(F)(c2cccc(Br)c2)C1. The van der Waals surface area contributed by atoms with Gasteiger partial charge in [-0.25, -0.2) is 4.39 Å². The fraction of sp³-hybridized carbons (Fsp3) is 0.500. The van der Waals surface area contributed by atoms with Crippen LogP contribution in [0.5, 0.6) is 0 Å². The van der Waals surface area contributed by atoms with E-state index in [0.717, 1.165) is 23.0 Å². The topological polar surface area (TPSA) is 3.24 Å². The highest BCUT2D eigenvalue weighted by atomic mass is 79.9. The molecule has 1 aromatic carbocycles. The predicted molar refractivity (Wildman–Crippen MR) is 63.7 cm³/mol. The largest absolute Gasteiger partial charge is 0.303 e. The van der Waals surface area contributed by atoms with Crippen LogP contribution in [0.4, 0.5) is 4.39 Å². The number of benzene rings is 1. The van der Waals surface area contributed by atoms with Crippen LogP contribution in [-0.4, -0.2) is 25.0 Å². The highest BCUT2D eigenvalue weighted by Crippen LogP contribution is 2.35. The zero-order chi connectivity index (χ0) is 10.9. The first kappa shape index (κ1) is 11.1. The van der Waals surface area contributed by atoms with E-state index in [1.807, 2.05) is 31.3 Å². The second-order valence-electron chi connectivity index (χ2n) is 4.32. The number of halogens is 2. The van der Waals surface area contributed by atoms with Gasteiger partial charge in [0.25, 0.3) is 0 Å². The van der Waals surface area contributed by atoms with Crippen LogP contribution >= 0.6 is 15.9 Å². The summed E-state index contributed by atoms with van der Waals surface area (Å²) in [6, 6.07) is 7.60. The average molecular weight is 272 g/mol. The van der Waals surface area contributed by atoms with E-state index in [2.05, 4.69) is 20.8 Å². The van der Waals surface area contributed by atoms with E-state index in [0.29, 0.717) is 13.0 Å². The van der Waals surface area contributed by atoms with E-state index >= 15 is 0 Å². The van der Waals surface area contributed by atoms with Crippen LogP contribution in [0, 0.1) is 0 Å². The second kappa shape index (κ2) is 4.22. The number of likely N-dealkylation sites (tertiary alicyclic amines) is 1. The third kappa shape index (κ3) is 2.40. The molecule has 0 radical (unpaired) electrons. The molecule has 0 aromatic heterocycles. The van der Waals surface area contributed by atoms with Crippen LogP contribution in [0.1, 0.15) is 18.4 Å². The minimum absolute atomic E-state index is 0.503. The first-order valence-electron chi connectivity index (χ1n) is 5.24. The van der Waals surface area contributed by atoms with Crippen LogP contribution in [-0.2, 0) is 5.67 Å². The van der Waals surface area contributed by atoms with Crippen LogP contribution in [0.25, 0.3) is 0 Å². The molecule has 1 fully saturated rings.